The van der Waals surface area contributed by atoms with Gasteiger partial charge in [0.25, 0.3) is 5.91 Å². The average Bonchev–Trinajstić information content (AvgIpc) is 2.45. The molecular weight excluding hydrogens is 262 g/mol. The molecule has 1 aromatic carbocycles. The van der Waals surface area contributed by atoms with Crippen molar-refractivity contribution in [2.45, 2.75) is 65.2 Å². The predicted molar refractivity (Wildman–Crippen MR) is 87.8 cm³/mol. The van der Waals surface area contributed by atoms with Crippen LogP contribution in [0.1, 0.15) is 74.2 Å². The molecule has 1 rings (SSSR count). The highest BCUT2D eigenvalue weighted by molar-refractivity contribution is 5.95. The Balaban J connectivity index is 2.11. The minimum Gasteiger partial charge on any atom is -0.508 e. The second kappa shape index (κ2) is 10.3. The van der Waals surface area contributed by atoms with Gasteiger partial charge in [-0.1, -0.05) is 51.9 Å². The molecule has 0 saturated carbocycles. The van der Waals surface area contributed by atoms with Crippen LogP contribution in [0, 0.1) is 6.92 Å². The largest absolute Gasteiger partial charge is 0.508 e. The third-order valence-corrected chi connectivity index (χ3v) is 3.77. The normalized spacial score (nSPS) is 10.6. The van der Waals surface area contributed by atoms with E-state index in [0.29, 0.717) is 5.56 Å². The second-order valence-electron chi connectivity index (χ2n) is 5.73. The summed E-state index contributed by atoms with van der Waals surface area (Å²) in [5.41, 5.74) is 1.45. The number of aromatic hydroxyl groups is 1. The zero-order valence-corrected chi connectivity index (χ0v) is 13.5. The Morgan fingerprint density at radius 2 is 1.67 bits per heavy atom. The SMILES string of the molecule is CCCCCCCCCCNC(=O)c1ccc(O)cc1C. The Labute approximate surface area is 128 Å². The van der Waals surface area contributed by atoms with Crippen LogP contribution in [0.2, 0.25) is 0 Å². The third-order valence-electron chi connectivity index (χ3n) is 3.77. The maximum Gasteiger partial charge on any atom is 0.251 e. The van der Waals surface area contributed by atoms with Gasteiger partial charge in [-0.15, -0.1) is 0 Å². The highest BCUT2D eigenvalue weighted by Gasteiger charge is 2.08. The molecule has 1 amide bonds. The van der Waals surface area contributed by atoms with Gasteiger partial charge in [0.15, 0.2) is 0 Å². The number of phenolic OH excluding ortho intramolecular Hbond substituents is 1. The topological polar surface area (TPSA) is 49.3 Å². The molecular formula is C18H29NO2. The number of carbonyl (C=O) groups is 1. The van der Waals surface area contributed by atoms with Gasteiger partial charge >= 0.3 is 0 Å². The van der Waals surface area contributed by atoms with Gasteiger partial charge in [-0.3, -0.25) is 4.79 Å². The lowest BCUT2D eigenvalue weighted by Crippen LogP contribution is -2.25. The molecule has 0 fully saturated rings. The van der Waals surface area contributed by atoms with E-state index in [4.69, 9.17) is 0 Å². The van der Waals surface area contributed by atoms with Crippen LogP contribution in [0.4, 0.5) is 0 Å². The van der Waals surface area contributed by atoms with Gasteiger partial charge in [0.1, 0.15) is 5.75 Å². The number of rotatable bonds is 10. The van der Waals surface area contributed by atoms with Gasteiger partial charge in [-0.2, -0.15) is 0 Å². The Morgan fingerprint density at radius 1 is 1.05 bits per heavy atom. The zero-order chi connectivity index (χ0) is 15.5. The maximum atomic E-state index is 12.0. The van der Waals surface area contributed by atoms with E-state index < -0.39 is 0 Å². The average molecular weight is 291 g/mol. The molecule has 0 atom stereocenters. The molecule has 0 aliphatic rings. The fourth-order valence-electron chi connectivity index (χ4n) is 2.46. The van der Waals surface area contributed by atoms with E-state index in [2.05, 4.69) is 12.2 Å². The van der Waals surface area contributed by atoms with Gasteiger partial charge in [-0.25, -0.2) is 0 Å². The summed E-state index contributed by atoms with van der Waals surface area (Å²) < 4.78 is 0. The quantitative estimate of drug-likeness (QED) is 0.620. The van der Waals surface area contributed by atoms with Gasteiger partial charge in [-0.05, 0) is 37.1 Å². The Morgan fingerprint density at radius 3 is 2.29 bits per heavy atom. The van der Waals surface area contributed by atoms with Crippen molar-refractivity contribution in [3.8, 4) is 5.75 Å². The molecule has 0 aromatic heterocycles. The van der Waals surface area contributed by atoms with Crippen molar-refractivity contribution in [1.82, 2.24) is 5.32 Å². The van der Waals surface area contributed by atoms with Crippen molar-refractivity contribution >= 4 is 5.91 Å². The van der Waals surface area contributed by atoms with Crippen molar-refractivity contribution in [3.05, 3.63) is 29.3 Å². The first kappa shape index (κ1) is 17.5. The number of carbonyl (C=O) groups excluding carboxylic acids is 1. The lowest BCUT2D eigenvalue weighted by molar-refractivity contribution is 0.0952. The minimum absolute atomic E-state index is 0.0459. The van der Waals surface area contributed by atoms with E-state index in [-0.39, 0.29) is 11.7 Å². The summed E-state index contributed by atoms with van der Waals surface area (Å²) in [6, 6.07) is 4.84. The van der Waals surface area contributed by atoms with Crippen LogP contribution < -0.4 is 5.32 Å². The monoisotopic (exact) mass is 291 g/mol. The highest BCUT2D eigenvalue weighted by Crippen LogP contribution is 2.15. The number of hydrogen-bond donors (Lipinski definition) is 2. The summed E-state index contributed by atoms with van der Waals surface area (Å²) in [5.74, 6) is 0.155. The number of aryl methyl sites for hydroxylation is 1. The summed E-state index contributed by atoms with van der Waals surface area (Å²) in [6.45, 7) is 4.80. The number of benzene rings is 1. The smallest absolute Gasteiger partial charge is 0.251 e. The summed E-state index contributed by atoms with van der Waals surface area (Å²) in [7, 11) is 0. The molecule has 3 nitrogen and oxygen atoms in total. The van der Waals surface area contributed by atoms with Crippen LogP contribution in [0.25, 0.3) is 0 Å². The molecule has 0 spiro atoms. The lowest BCUT2D eigenvalue weighted by atomic mass is 10.1. The number of amides is 1. The van der Waals surface area contributed by atoms with Crippen LogP contribution in [-0.4, -0.2) is 17.6 Å². The molecule has 3 heteroatoms. The van der Waals surface area contributed by atoms with Crippen LogP contribution in [0.3, 0.4) is 0 Å². The third kappa shape index (κ3) is 7.16. The molecule has 2 N–H and O–H groups in total. The van der Waals surface area contributed by atoms with E-state index in [0.717, 1.165) is 18.5 Å². The van der Waals surface area contributed by atoms with Gasteiger partial charge in [0.05, 0.1) is 0 Å². The molecule has 0 aliphatic carbocycles. The number of nitrogens with one attached hydrogen (secondary N) is 1. The Bertz CT molecular complexity index is 429. The highest BCUT2D eigenvalue weighted by atomic mass is 16.3. The summed E-state index contributed by atoms with van der Waals surface area (Å²) in [4.78, 5) is 12.0. The van der Waals surface area contributed by atoms with Crippen LogP contribution in [0.15, 0.2) is 18.2 Å². The number of phenols is 1. The molecule has 0 unspecified atom stereocenters. The Kier molecular flexibility index (Phi) is 8.56. The molecule has 0 saturated heterocycles. The summed E-state index contributed by atoms with van der Waals surface area (Å²) in [5, 5.41) is 12.3. The van der Waals surface area contributed by atoms with Crippen molar-refractivity contribution in [2.75, 3.05) is 6.54 Å². The standard InChI is InChI=1S/C18H29NO2/c1-3-4-5-6-7-8-9-10-13-19-18(21)17-12-11-16(20)14-15(17)2/h11-12,14,20H,3-10,13H2,1-2H3,(H,19,21). The molecule has 0 aliphatic heterocycles. The lowest BCUT2D eigenvalue weighted by Gasteiger charge is -2.08. The maximum absolute atomic E-state index is 12.0. The van der Waals surface area contributed by atoms with Gasteiger partial charge in [0, 0.05) is 12.1 Å². The molecule has 1 aromatic rings. The first-order chi connectivity index (χ1) is 10.1. The van der Waals surface area contributed by atoms with Crippen molar-refractivity contribution in [2.24, 2.45) is 0 Å². The molecule has 0 bridgehead atoms. The molecule has 0 heterocycles. The van der Waals surface area contributed by atoms with Crippen molar-refractivity contribution in [1.29, 1.82) is 0 Å². The fraction of sp³-hybridized carbons (Fsp3) is 0.611. The van der Waals surface area contributed by atoms with Crippen LogP contribution in [0.5, 0.6) is 5.75 Å². The first-order valence-electron chi connectivity index (χ1n) is 8.23. The Hall–Kier alpha value is -1.51. The fourth-order valence-corrected chi connectivity index (χ4v) is 2.46. The summed E-state index contributed by atoms with van der Waals surface area (Å²) >= 11 is 0. The zero-order valence-electron chi connectivity index (χ0n) is 13.5. The van der Waals surface area contributed by atoms with E-state index in [9.17, 15) is 9.90 Å². The van der Waals surface area contributed by atoms with E-state index in [1.165, 1.54) is 44.9 Å². The van der Waals surface area contributed by atoms with Crippen LogP contribution >= 0.6 is 0 Å². The van der Waals surface area contributed by atoms with Crippen molar-refractivity contribution in [3.63, 3.8) is 0 Å². The van der Waals surface area contributed by atoms with E-state index in [1.54, 1.807) is 18.2 Å². The number of unbranched alkanes of at least 4 members (excludes halogenated alkanes) is 7. The van der Waals surface area contributed by atoms with E-state index in [1.807, 2.05) is 6.92 Å². The molecule has 118 valence electrons. The molecule has 21 heavy (non-hydrogen) atoms. The predicted octanol–water partition coefficient (Wildman–Crippen LogP) is 4.57. The second-order valence-corrected chi connectivity index (χ2v) is 5.73. The van der Waals surface area contributed by atoms with E-state index >= 15 is 0 Å². The van der Waals surface area contributed by atoms with Gasteiger partial charge in [0.2, 0.25) is 0 Å². The molecule has 0 radical (unpaired) electrons. The summed E-state index contributed by atoms with van der Waals surface area (Å²) in [6.07, 6.45) is 10.1. The number of hydrogen-bond acceptors (Lipinski definition) is 2. The first-order valence-corrected chi connectivity index (χ1v) is 8.23. The minimum atomic E-state index is -0.0459. The van der Waals surface area contributed by atoms with Crippen LogP contribution in [-0.2, 0) is 0 Å². The van der Waals surface area contributed by atoms with Crippen molar-refractivity contribution < 1.29 is 9.90 Å². The van der Waals surface area contributed by atoms with Gasteiger partial charge < -0.3 is 10.4 Å².